The van der Waals surface area contributed by atoms with Crippen molar-refractivity contribution in [2.24, 2.45) is 11.3 Å². The van der Waals surface area contributed by atoms with E-state index in [-0.39, 0.29) is 23.3 Å². The monoisotopic (exact) mass is 398 g/mol. The van der Waals surface area contributed by atoms with Gasteiger partial charge in [0.25, 0.3) is 10.2 Å². The zero-order chi connectivity index (χ0) is 19.1. The lowest BCUT2D eigenvalue weighted by molar-refractivity contribution is -0.134. The van der Waals surface area contributed by atoms with Gasteiger partial charge in [0, 0.05) is 45.2 Å². The van der Waals surface area contributed by atoms with Crippen molar-refractivity contribution in [3.05, 3.63) is 0 Å². The number of nitrogens with one attached hydrogen (secondary N) is 1. The molecule has 8 heteroatoms. The van der Waals surface area contributed by atoms with Gasteiger partial charge in [0.2, 0.25) is 5.91 Å². The molecule has 1 N–H and O–H groups in total. The Morgan fingerprint density at radius 1 is 1.04 bits per heavy atom. The molecule has 1 atom stereocenters. The fraction of sp³-hybridized carbons (Fsp3) is 0.947. The SMILES string of the molecule is CN(C1CCCCC1)S(=O)(=O)N1CCN(C(=O)C2CC23CCNCC3)CC1. The first-order chi connectivity index (χ1) is 12.9. The van der Waals surface area contributed by atoms with Crippen molar-refractivity contribution in [3.63, 3.8) is 0 Å². The molecule has 2 aliphatic heterocycles. The third-order valence-corrected chi connectivity index (χ3v) is 9.46. The average Bonchev–Trinajstić information content (AvgIpc) is 3.40. The summed E-state index contributed by atoms with van der Waals surface area (Å²) in [4.78, 5) is 14.8. The van der Waals surface area contributed by atoms with Crippen LogP contribution in [-0.4, -0.2) is 80.2 Å². The van der Waals surface area contributed by atoms with Gasteiger partial charge in [-0.25, -0.2) is 0 Å². The summed E-state index contributed by atoms with van der Waals surface area (Å²) < 4.78 is 29.2. The van der Waals surface area contributed by atoms with E-state index in [0.717, 1.165) is 58.0 Å². The van der Waals surface area contributed by atoms with Crippen LogP contribution in [0.2, 0.25) is 0 Å². The van der Waals surface area contributed by atoms with Crippen molar-refractivity contribution in [3.8, 4) is 0 Å². The van der Waals surface area contributed by atoms with E-state index in [0.29, 0.717) is 26.2 Å². The molecular formula is C19H34N4O3S. The van der Waals surface area contributed by atoms with Gasteiger partial charge in [-0.15, -0.1) is 0 Å². The van der Waals surface area contributed by atoms with Crippen LogP contribution < -0.4 is 5.32 Å². The van der Waals surface area contributed by atoms with Crippen molar-refractivity contribution in [2.75, 3.05) is 46.3 Å². The van der Waals surface area contributed by atoms with Gasteiger partial charge in [-0.1, -0.05) is 19.3 Å². The van der Waals surface area contributed by atoms with E-state index >= 15 is 0 Å². The Labute approximate surface area is 163 Å². The molecule has 0 aromatic carbocycles. The molecule has 1 unspecified atom stereocenters. The molecule has 154 valence electrons. The summed E-state index contributed by atoms with van der Waals surface area (Å²) in [6.07, 6.45) is 8.60. The van der Waals surface area contributed by atoms with Gasteiger partial charge in [0.1, 0.15) is 0 Å². The minimum Gasteiger partial charge on any atom is -0.340 e. The molecule has 2 heterocycles. The van der Waals surface area contributed by atoms with E-state index in [1.165, 1.54) is 6.42 Å². The second-order valence-corrected chi connectivity index (χ2v) is 10.9. The first-order valence-electron chi connectivity index (χ1n) is 10.7. The van der Waals surface area contributed by atoms with Gasteiger partial charge in [-0.05, 0) is 50.6 Å². The minimum absolute atomic E-state index is 0.134. The Kier molecular flexibility index (Phi) is 5.53. The minimum atomic E-state index is -3.42. The highest BCUT2D eigenvalue weighted by Gasteiger charge is 2.58. The van der Waals surface area contributed by atoms with Crippen molar-refractivity contribution >= 4 is 16.1 Å². The molecule has 0 aromatic rings. The zero-order valence-corrected chi connectivity index (χ0v) is 17.3. The third kappa shape index (κ3) is 3.78. The Bertz CT molecular complexity index is 648. The molecule has 2 saturated carbocycles. The summed E-state index contributed by atoms with van der Waals surface area (Å²) >= 11 is 0. The maximum atomic E-state index is 13.0. The number of hydrogen-bond donors (Lipinski definition) is 1. The summed E-state index contributed by atoms with van der Waals surface area (Å²) in [5.41, 5.74) is 0.243. The summed E-state index contributed by atoms with van der Waals surface area (Å²) in [7, 11) is -1.69. The Morgan fingerprint density at radius 3 is 2.30 bits per heavy atom. The smallest absolute Gasteiger partial charge is 0.282 e. The van der Waals surface area contributed by atoms with E-state index in [1.54, 1.807) is 15.7 Å². The molecule has 7 nitrogen and oxygen atoms in total. The third-order valence-electron chi connectivity index (χ3n) is 7.42. The first-order valence-corrected chi connectivity index (χ1v) is 12.1. The van der Waals surface area contributed by atoms with Crippen LogP contribution in [-0.2, 0) is 15.0 Å². The average molecular weight is 399 g/mol. The van der Waals surface area contributed by atoms with Gasteiger partial charge in [0.15, 0.2) is 0 Å². The second kappa shape index (κ2) is 7.61. The maximum Gasteiger partial charge on any atom is 0.282 e. The number of carbonyl (C=O) groups is 1. The second-order valence-electron chi connectivity index (χ2n) is 8.91. The lowest BCUT2D eigenvalue weighted by Gasteiger charge is -2.39. The van der Waals surface area contributed by atoms with E-state index in [9.17, 15) is 13.2 Å². The van der Waals surface area contributed by atoms with Gasteiger partial charge < -0.3 is 10.2 Å². The summed E-state index contributed by atoms with van der Waals surface area (Å²) in [5.74, 6) is 0.433. The van der Waals surface area contributed by atoms with Gasteiger partial charge in [-0.2, -0.15) is 17.0 Å². The molecule has 2 saturated heterocycles. The molecule has 1 spiro atoms. The molecule has 0 bridgehead atoms. The number of rotatable bonds is 4. The quantitative estimate of drug-likeness (QED) is 0.768. The van der Waals surface area contributed by atoms with Crippen molar-refractivity contribution < 1.29 is 13.2 Å². The van der Waals surface area contributed by atoms with Crippen molar-refractivity contribution in [2.45, 2.75) is 57.4 Å². The van der Waals surface area contributed by atoms with E-state index in [1.807, 2.05) is 4.90 Å². The van der Waals surface area contributed by atoms with Crippen LogP contribution in [0.1, 0.15) is 51.4 Å². The zero-order valence-electron chi connectivity index (χ0n) is 16.5. The number of piperazine rings is 1. The number of nitrogens with zero attached hydrogens (tertiary/aromatic N) is 3. The summed E-state index contributed by atoms with van der Waals surface area (Å²) in [5, 5.41) is 3.38. The summed E-state index contributed by atoms with van der Waals surface area (Å²) in [6, 6.07) is 0.134. The van der Waals surface area contributed by atoms with E-state index in [4.69, 9.17) is 0 Å². The predicted octanol–water partition coefficient (Wildman–Crippen LogP) is 1.03. The Hall–Kier alpha value is -0.700. The molecule has 2 aliphatic carbocycles. The lowest BCUT2D eigenvalue weighted by Crippen LogP contribution is -2.55. The van der Waals surface area contributed by atoms with Gasteiger partial charge in [0.05, 0.1) is 0 Å². The standard InChI is InChI=1S/C19H34N4O3S/c1-21(16-5-3-2-4-6-16)27(25,26)23-13-11-22(12-14-23)18(24)17-15-19(17)7-9-20-10-8-19/h16-17,20H,2-15H2,1H3. The molecule has 1 amide bonds. The van der Waals surface area contributed by atoms with Crippen LogP contribution in [0.4, 0.5) is 0 Å². The van der Waals surface area contributed by atoms with Crippen molar-refractivity contribution in [1.29, 1.82) is 0 Å². The number of hydrogen-bond acceptors (Lipinski definition) is 4. The summed E-state index contributed by atoms with van der Waals surface area (Å²) in [6.45, 7) is 3.94. The van der Waals surface area contributed by atoms with Crippen LogP contribution in [0, 0.1) is 11.3 Å². The van der Waals surface area contributed by atoms with Gasteiger partial charge in [-0.3, -0.25) is 4.79 Å². The lowest BCUT2D eigenvalue weighted by atomic mass is 9.91. The highest BCUT2D eigenvalue weighted by atomic mass is 32.2. The molecule has 4 aliphatic rings. The van der Waals surface area contributed by atoms with Crippen LogP contribution in [0.5, 0.6) is 0 Å². The number of carbonyl (C=O) groups excluding carboxylic acids is 1. The predicted molar refractivity (Wildman–Crippen MR) is 104 cm³/mol. The highest BCUT2D eigenvalue weighted by molar-refractivity contribution is 7.86. The number of amides is 1. The molecule has 0 radical (unpaired) electrons. The fourth-order valence-corrected chi connectivity index (χ4v) is 6.93. The van der Waals surface area contributed by atoms with Crippen LogP contribution in [0.3, 0.4) is 0 Å². The fourth-order valence-electron chi connectivity index (χ4n) is 5.35. The largest absolute Gasteiger partial charge is 0.340 e. The molecule has 4 rings (SSSR count). The van der Waals surface area contributed by atoms with Crippen LogP contribution >= 0.6 is 0 Å². The van der Waals surface area contributed by atoms with Crippen molar-refractivity contribution in [1.82, 2.24) is 18.8 Å². The van der Waals surface area contributed by atoms with Gasteiger partial charge >= 0.3 is 0 Å². The Morgan fingerprint density at radius 2 is 1.67 bits per heavy atom. The highest BCUT2D eigenvalue weighted by Crippen LogP contribution is 2.59. The normalized spacial score (nSPS) is 30.0. The molecule has 27 heavy (non-hydrogen) atoms. The molecular weight excluding hydrogens is 364 g/mol. The maximum absolute atomic E-state index is 13.0. The number of piperidine rings is 1. The molecule has 4 fully saturated rings. The first kappa shape index (κ1) is 19.6. The topological polar surface area (TPSA) is 73.0 Å². The van der Waals surface area contributed by atoms with E-state index in [2.05, 4.69) is 5.32 Å². The Balaban J connectivity index is 1.31. The van der Waals surface area contributed by atoms with Crippen LogP contribution in [0.25, 0.3) is 0 Å². The van der Waals surface area contributed by atoms with E-state index < -0.39 is 10.2 Å². The van der Waals surface area contributed by atoms with Crippen LogP contribution in [0.15, 0.2) is 0 Å². The molecule has 0 aromatic heterocycles.